The van der Waals surface area contributed by atoms with E-state index in [1.807, 2.05) is 19.1 Å². The van der Waals surface area contributed by atoms with Gasteiger partial charge in [-0.25, -0.2) is 0 Å². The maximum atomic E-state index is 9.59. The fraction of sp³-hybridized carbons (Fsp3) is 0.500. The van der Waals surface area contributed by atoms with E-state index in [9.17, 15) is 5.11 Å². The van der Waals surface area contributed by atoms with Crippen molar-refractivity contribution >= 4 is 0 Å². The summed E-state index contributed by atoms with van der Waals surface area (Å²) in [6.07, 6.45) is 3.33. The monoisotopic (exact) mass is 194 g/mol. The summed E-state index contributed by atoms with van der Waals surface area (Å²) in [6.45, 7) is 3.93. The first-order chi connectivity index (χ1) is 6.69. The molecule has 0 spiro atoms. The molecule has 0 aromatic heterocycles. The van der Waals surface area contributed by atoms with Crippen LogP contribution in [0.3, 0.4) is 0 Å². The van der Waals surface area contributed by atoms with Crippen LogP contribution >= 0.6 is 0 Å². The van der Waals surface area contributed by atoms with Gasteiger partial charge in [0.15, 0.2) is 0 Å². The van der Waals surface area contributed by atoms with E-state index in [2.05, 4.69) is 6.92 Å². The first-order valence-corrected chi connectivity index (χ1v) is 5.11. The van der Waals surface area contributed by atoms with Gasteiger partial charge >= 0.3 is 0 Å². The molecule has 0 saturated heterocycles. The largest absolute Gasteiger partial charge is 0.507 e. The highest BCUT2D eigenvalue weighted by Gasteiger charge is 2.05. The van der Waals surface area contributed by atoms with E-state index in [0.29, 0.717) is 5.56 Å². The molecule has 78 valence electrons. The zero-order valence-electron chi connectivity index (χ0n) is 8.88. The molecule has 1 rings (SSSR count). The van der Waals surface area contributed by atoms with Crippen LogP contribution in [0.5, 0.6) is 5.75 Å². The summed E-state index contributed by atoms with van der Waals surface area (Å²) >= 11 is 0. The standard InChI is InChI=1S/C12H18O2/c1-3-4-5-10-6-9(2)12(14)11(7-10)8-13/h6-7,13-14H,3-5,8H2,1-2H3. The molecule has 0 unspecified atom stereocenters. The maximum Gasteiger partial charge on any atom is 0.124 e. The van der Waals surface area contributed by atoms with Gasteiger partial charge in [-0.15, -0.1) is 0 Å². The predicted molar refractivity (Wildman–Crippen MR) is 57.4 cm³/mol. The third-order valence-electron chi connectivity index (χ3n) is 2.43. The van der Waals surface area contributed by atoms with Crippen molar-refractivity contribution in [3.8, 4) is 5.75 Å². The number of phenols is 1. The Labute approximate surface area is 85.2 Å². The smallest absolute Gasteiger partial charge is 0.124 e. The van der Waals surface area contributed by atoms with Gasteiger partial charge in [0.1, 0.15) is 5.75 Å². The van der Waals surface area contributed by atoms with Gasteiger partial charge in [-0.05, 0) is 37.0 Å². The third kappa shape index (κ3) is 2.48. The average Bonchev–Trinajstić information content (AvgIpc) is 2.19. The summed E-state index contributed by atoms with van der Waals surface area (Å²) < 4.78 is 0. The van der Waals surface area contributed by atoms with E-state index in [0.717, 1.165) is 24.8 Å². The Balaban J connectivity index is 2.91. The predicted octanol–water partition coefficient (Wildman–Crippen LogP) is 2.54. The Morgan fingerprint density at radius 1 is 1.29 bits per heavy atom. The second-order valence-corrected chi connectivity index (χ2v) is 3.68. The van der Waals surface area contributed by atoms with Crippen molar-refractivity contribution in [2.45, 2.75) is 39.7 Å². The number of hydrogen-bond donors (Lipinski definition) is 2. The van der Waals surface area contributed by atoms with Crippen molar-refractivity contribution in [1.82, 2.24) is 0 Å². The number of unbranched alkanes of at least 4 members (excludes halogenated alkanes) is 1. The molecular formula is C12H18O2. The molecule has 14 heavy (non-hydrogen) atoms. The quantitative estimate of drug-likeness (QED) is 0.773. The van der Waals surface area contributed by atoms with E-state index in [1.54, 1.807) is 0 Å². The molecule has 2 N–H and O–H groups in total. The molecule has 1 aromatic rings. The van der Waals surface area contributed by atoms with Gasteiger partial charge in [-0.3, -0.25) is 0 Å². The molecule has 0 saturated carbocycles. The summed E-state index contributed by atoms with van der Waals surface area (Å²) in [6, 6.07) is 3.88. The van der Waals surface area contributed by atoms with Crippen LogP contribution in [0, 0.1) is 6.92 Å². The Kier molecular flexibility index (Phi) is 3.96. The van der Waals surface area contributed by atoms with Gasteiger partial charge in [-0.2, -0.15) is 0 Å². The number of aryl methyl sites for hydroxylation is 2. The molecular weight excluding hydrogens is 176 g/mol. The molecule has 0 radical (unpaired) electrons. The Hall–Kier alpha value is -1.02. The highest BCUT2D eigenvalue weighted by Crippen LogP contribution is 2.24. The van der Waals surface area contributed by atoms with Crippen LogP contribution in [0.15, 0.2) is 12.1 Å². The molecule has 0 atom stereocenters. The van der Waals surface area contributed by atoms with Crippen molar-refractivity contribution in [3.63, 3.8) is 0 Å². The molecule has 0 bridgehead atoms. The van der Waals surface area contributed by atoms with Gasteiger partial charge in [0.2, 0.25) is 0 Å². The van der Waals surface area contributed by atoms with Crippen molar-refractivity contribution in [2.75, 3.05) is 0 Å². The number of aromatic hydroxyl groups is 1. The lowest BCUT2D eigenvalue weighted by atomic mass is 10.0. The fourth-order valence-corrected chi connectivity index (χ4v) is 1.58. The minimum absolute atomic E-state index is 0.0906. The molecule has 0 aliphatic heterocycles. The Bertz CT molecular complexity index is 305. The topological polar surface area (TPSA) is 40.5 Å². The Morgan fingerprint density at radius 3 is 2.57 bits per heavy atom. The normalized spacial score (nSPS) is 10.5. The van der Waals surface area contributed by atoms with Crippen molar-refractivity contribution < 1.29 is 10.2 Å². The summed E-state index contributed by atoms with van der Waals surface area (Å²) in [5, 5.41) is 18.6. The fourth-order valence-electron chi connectivity index (χ4n) is 1.58. The Morgan fingerprint density at radius 2 is 2.00 bits per heavy atom. The van der Waals surface area contributed by atoms with Crippen LogP contribution in [-0.2, 0) is 13.0 Å². The molecule has 0 fully saturated rings. The van der Waals surface area contributed by atoms with E-state index < -0.39 is 0 Å². The van der Waals surface area contributed by atoms with Crippen LogP contribution in [0.25, 0.3) is 0 Å². The molecule has 2 heteroatoms. The second-order valence-electron chi connectivity index (χ2n) is 3.68. The highest BCUT2D eigenvalue weighted by atomic mass is 16.3. The molecule has 0 aliphatic carbocycles. The minimum atomic E-state index is -0.0906. The van der Waals surface area contributed by atoms with E-state index in [-0.39, 0.29) is 12.4 Å². The number of rotatable bonds is 4. The molecule has 0 heterocycles. The zero-order chi connectivity index (χ0) is 10.6. The summed E-state index contributed by atoms with van der Waals surface area (Å²) in [5.41, 5.74) is 2.69. The summed E-state index contributed by atoms with van der Waals surface area (Å²) in [5.74, 6) is 0.229. The number of aliphatic hydroxyl groups excluding tert-OH is 1. The first-order valence-electron chi connectivity index (χ1n) is 5.11. The lowest BCUT2D eigenvalue weighted by molar-refractivity contribution is 0.275. The van der Waals surface area contributed by atoms with E-state index >= 15 is 0 Å². The highest BCUT2D eigenvalue weighted by molar-refractivity contribution is 5.42. The average molecular weight is 194 g/mol. The van der Waals surface area contributed by atoms with Crippen molar-refractivity contribution in [3.05, 3.63) is 28.8 Å². The van der Waals surface area contributed by atoms with Gasteiger partial charge in [0.05, 0.1) is 6.61 Å². The number of aliphatic hydroxyl groups is 1. The maximum absolute atomic E-state index is 9.59. The van der Waals surface area contributed by atoms with Gasteiger partial charge < -0.3 is 10.2 Å². The van der Waals surface area contributed by atoms with Crippen LogP contribution in [0.1, 0.15) is 36.5 Å². The molecule has 0 amide bonds. The van der Waals surface area contributed by atoms with Gasteiger partial charge in [0.25, 0.3) is 0 Å². The van der Waals surface area contributed by atoms with Crippen LogP contribution in [0.4, 0.5) is 0 Å². The molecule has 2 nitrogen and oxygen atoms in total. The van der Waals surface area contributed by atoms with Crippen LogP contribution in [0.2, 0.25) is 0 Å². The summed E-state index contributed by atoms with van der Waals surface area (Å²) in [7, 11) is 0. The molecule has 0 aliphatic rings. The second kappa shape index (κ2) is 5.01. The van der Waals surface area contributed by atoms with E-state index in [4.69, 9.17) is 5.11 Å². The minimum Gasteiger partial charge on any atom is -0.507 e. The third-order valence-corrected chi connectivity index (χ3v) is 2.43. The lowest BCUT2D eigenvalue weighted by Crippen LogP contribution is -1.92. The van der Waals surface area contributed by atoms with Crippen molar-refractivity contribution in [1.29, 1.82) is 0 Å². The SMILES string of the molecule is CCCCc1cc(C)c(O)c(CO)c1. The number of hydrogen-bond acceptors (Lipinski definition) is 2. The van der Waals surface area contributed by atoms with E-state index in [1.165, 1.54) is 5.56 Å². The van der Waals surface area contributed by atoms with Crippen LogP contribution in [-0.4, -0.2) is 10.2 Å². The van der Waals surface area contributed by atoms with Crippen molar-refractivity contribution in [2.24, 2.45) is 0 Å². The first kappa shape index (κ1) is 11.1. The summed E-state index contributed by atoms with van der Waals surface area (Å²) in [4.78, 5) is 0. The van der Waals surface area contributed by atoms with Gasteiger partial charge in [-0.1, -0.05) is 19.4 Å². The lowest BCUT2D eigenvalue weighted by Gasteiger charge is -2.08. The zero-order valence-corrected chi connectivity index (χ0v) is 8.88. The van der Waals surface area contributed by atoms with Crippen LogP contribution < -0.4 is 0 Å². The number of benzene rings is 1. The molecule has 1 aromatic carbocycles. The van der Waals surface area contributed by atoms with Gasteiger partial charge in [0, 0.05) is 5.56 Å².